The van der Waals surface area contributed by atoms with Gasteiger partial charge in [-0.3, -0.25) is 10.1 Å². The van der Waals surface area contributed by atoms with Gasteiger partial charge in [0.05, 0.1) is 10.6 Å². The van der Waals surface area contributed by atoms with Crippen LogP contribution >= 0.6 is 0 Å². The first-order valence-electron chi connectivity index (χ1n) is 5.58. The Labute approximate surface area is 117 Å². The van der Waals surface area contributed by atoms with Gasteiger partial charge in [0.15, 0.2) is 5.82 Å². The molecule has 0 amide bonds. The summed E-state index contributed by atoms with van der Waals surface area (Å²) in [5.41, 5.74) is -0.236. The van der Waals surface area contributed by atoms with E-state index in [9.17, 15) is 20.2 Å². The highest BCUT2D eigenvalue weighted by atomic mass is 16.6. The van der Waals surface area contributed by atoms with Gasteiger partial charge in [0.25, 0.3) is 0 Å². The van der Waals surface area contributed by atoms with Crippen LogP contribution in [0.25, 0.3) is 5.82 Å². The van der Waals surface area contributed by atoms with Crippen LogP contribution in [0.3, 0.4) is 0 Å². The number of aromatic nitrogens is 4. The summed E-state index contributed by atoms with van der Waals surface area (Å²) >= 11 is 0. The molecule has 0 saturated carbocycles. The Morgan fingerprint density at radius 1 is 1.48 bits per heavy atom. The third-order valence-corrected chi connectivity index (χ3v) is 2.86. The normalized spacial score (nSPS) is 10.1. The third-order valence-electron chi connectivity index (χ3n) is 2.86. The quantitative estimate of drug-likeness (QED) is 0.642. The molecule has 2 aromatic heterocycles. The zero-order valence-electron chi connectivity index (χ0n) is 10.9. The van der Waals surface area contributed by atoms with E-state index in [2.05, 4.69) is 15.3 Å². The van der Waals surface area contributed by atoms with E-state index in [0.29, 0.717) is 11.3 Å². The summed E-state index contributed by atoms with van der Waals surface area (Å²) in [5.74, 6) is -1.60. The van der Waals surface area contributed by atoms with Crippen LogP contribution in [0.5, 0.6) is 0 Å². The molecule has 10 heteroatoms. The summed E-state index contributed by atoms with van der Waals surface area (Å²) < 4.78 is 0.875. The zero-order valence-corrected chi connectivity index (χ0v) is 10.9. The maximum atomic E-state index is 11.0. The number of hydrogen-bond donors (Lipinski definition) is 1. The molecule has 0 unspecified atom stereocenters. The molecule has 106 valence electrons. The summed E-state index contributed by atoms with van der Waals surface area (Å²) in [6, 6.07) is 1.91. The van der Waals surface area contributed by atoms with Crippen LogP contribution in [0.15, 0.2) is 6.20 Å². The largest absolute Gasteiger partial charge is 0.476 e. The van der Waals surface area contributed by atoms with Crippen molar-refractivity contribution in [2.24, 2.45) is 0 Å². The lowest BCUT2D eigenvalue weighted by Crippen LogP contribution is -2.08. The van der Waals surface area contributed by atoms with E-state index in [1.54, 1.807) is 13.8 Å². The van der Waals surface area contributed by atoms with Crippen LogP contribution in [0.2, 0.25) is 0 Å². The summed E-state index contributed by atoms with van der Waals surface area (Å²) in [6.45, 7) is 3.29. The second-order valence-corrected chi connectivity index (χ2v) is 4.09. The van der Waals surface area contributed by atoms with Crippen LogP contribution in [0.1, 0.15) is 27.3 Å². The summed E-state index contributed by atoms with van der Waals surface area (Å²) in [4.78, 5) is 20.9. The number of rotatable bonds is 3. The van der Waals surface area contributed by atoms with Crippen molar-refractivity contribution < 1.29 is 14.8 Å². The Balaban J connectivity index is 2.72. The van der Waals surface area contributed by atoms with Crippen LogP contribution in [0, 0.1) is 35.3 Å². The number of aryl methyl sites for hydroxylation is 1. The average molecular weight is 288 g/mol. The second kappa shape index (κ2) is 4.97. The summed E-state index contributed by atoms with van der Waals surface area (Å²) in [6.07, 6.45) is 0.892. The van der Waals surface area contributed by atoms with Gasteiger partial charge in [-0.15, -0.1) is 5.10 Å². The van der Waals surface area contributed by atoms with Gasteiger partial charge in [0, 0.05) is 0 Å². The van der Waals surface area contributed by atoms with Gasteiger partial charge in [-0.1, -0.05) is 0 Å². The SMILES string of the molecule is Cc1nnc(-n2cc([N+](=O)[O-])c(C(=O)O)n2)c(C#N)c1C. The van der Waals surface area contributed by atoms with Crippen molar-refractivity contribution in [3.63, 3.8) is 0 Å². The number of carboxylic acid groups (broad SMARTS) is 1. The molecule has 0 fully saturated rings. The number of aromatic carboxylic acids is 1. The van der Waals surface area contributed by atoms with Crippen molar-refractivity contribution in [1.82, 2.24) is 20.0 Å². The zero-order chi connectivity index (χ0) is 15.7. The molecule has 0 bridgehead atoms. The van der Waals surface area contributed by atoms with Crippen LogP contribution in [-0.4, -0.2) is 36.0 Å². The fourth-order valence-corrected chi connectivity index (χ4v) is 1.65. The minimum absolute atomic E-state index is 0.0591. The third kappa shape index (κ3) is 2.27. The highest BCUT2D eigenvalue weighted by molar-refractivity contribution is 5.90. The highest BCUT2D eigenvalue weighted by Gasteiger charge is 2.27. The Kier molecular flexibility index (Phi) is 3.33. The van der Waals surface area contributed by atoms with Crippen molar-refractivity contribution in [3.8, 4) is 11.9 Å². The molecule has 2 aromatic rings. The molecule has 10 nitrogen and oxygen atoms in total. The lowest BCUT2D eigenvalue weighted by Gasteiger charge is -2.05. The number of nitriles is 1. The first kappa shape index (κ1) is 14.1. The average Bonchev–Trinajstić information content (AvgIpc) is 2.87. The smallest absolute Gasteiger partial charge is 0.363 e. The lowest BCUT2D eigenvalue weighted by molar-refractivity contribution is -0.385. The predicted octanol–water partition coefficient (Wildman–Crippen LogP) is 0.757. The van der Waals surface area contributed by atoms with Gasteiger partial charge in [-0.25, -0.2) is 9.48 Å². The Bertz CT molecular complexity index is 772. The molecule has 1 N–H and O–H groups in total. The van der Waals surface area contributed by atoms with E-state index in [1.165, 1.54) is 0 Å². The fourth-order valence-electron chi connectivity index (χ4n) is 1.65. The number of hydrogen-bond acceptors (Lipinski definition) is 7. The Morgan fingerprint density at radius 2 is 2.14 bits per heavy atom. The first-order chi connectivity index (χ1) is 9.86. The van der Waals surface area contributed by atoms with E-state index in [-0.39, 0.29) is 11.4 Å². The number of nitrogens with zero attached hydrogens (tertiary/aromatic N) is 6. The first-order valence-corrected chi connectivity index (χ1v) is 5.58. The van der Waals surface area contributed by atoms with Crippen LogP contribution in [0.4, 0.5) is 5.69 Å². The molecule has 0 aliphatic heterocycles. The highest BCUT2D eigenvalue weighted by Crippen LogP contribution is 2.22. The van der Waals surface area contributed by atoms with Gasteiger partial charge in [-0.2, -0.15) is 15.5 Å². The van der Waals surface area contributed by atoms with Crippen molar-refractivity contribution in [2.45, 2.75) is 13.8 Å². The number of carbonyl (C=O) groups is 1. The summed E-state index contributed by atoms with van der Waals surface area (Å²) in [7, 11) is 0. The van der Waals surface area contributed by atoms with Crippen molar-refractivity contribution >= 4 is 11.7 Å². The van der Waals surface area contributed by atoms with Gasteiger partial charge in [0.2, 0.25) is 5.69 Å². The molecule has 0 saturated heterocycles. The maximum Gasteiger partial charge on any atom is 0.363 e. The minimum Gasteiger partial charge on any atom is -0.476 e. The van der Waals surface area contributed by atoms with Crippen molar-refractivity contribution in [3.05, 3.63) is 38.8 Å². The molecule has 21 heavy (non-hydrogen) atoms. The second-order valence-electron chi connectivity index (χ2n) is 4.09. The molecule has 0 aliphatic carbocycles. The molecule has 2 rings (SSSR count). The van der Waals surface area contributed by atoms with Gasteiger partial charge < -0.3 is 5.11 Å². The molecule has 0 aliphatic rings. The topological polar surface area (TPSA) is 148 Å². The van der Waals surface area contributed by atoms with Crippen LogP contribution < -0.4 is 0 Å². The molecule has 0 aromatic carbocycles. The predicted molar refractivity (Wildman–Crippen MR) is 67.0 cm³/mol. The Morgan fingerprint density at radius 3 is 2.62 bits per heavy atom. The lowest BCUT2D eigenvalue weighted by atomic mass is 10.1. The standard InChI is InChI=1S/C11H8N6O4/c1-5-6(2)13-14-10(7(5)3-12)16-4-8(17(20)21)9(15-16)11(18)19/h4H,1-2H3,(H,18,19). The van der Waals surface area contributed by atoms with Crippen LogP contribution in [-0.2, 0) is 0 Å². The maximum absolute atomic E-state index is 11.0. The molecule has 0 radical (unpaired) electrons. The Hall–Kier alpha value is -3.35. The van der Waals surface area contributed by atoms with E-state index in [0.717, 1.165) is 10.9 Å². The van der Waals surface area contributed by atoms with E-state index >= 15 is 0 Å². The summed E-state index contributed by atoms with van der Waals surface area (Å²) in [5, 5.41) is 40.1. The van der Waals surface area contributed by atoms with E-state index < -0.39 is 22.3 Å². The van der Waals surface area contributed by atoms with E-state index in [1.807, 2.05) is 6.07 Å². The number of nitro groups is 1. The fraction of sp³-hybridized carbons (Fsp3) is 0.182. The minimum atomic E-state index is -1.55. The van der Waals surface area contributed by atoms with Crippen molar-refractivity contribution in [2.75, 3.05) is 0 Å². The van der Waals surface area contributed by atoms with Gasteiger partial charge in [0.1, 0.15) is 17.8 Å². The van der Waals surface area contributed by atoms with Gasteiger partial charge in [-0.05, 0) is 19.4 Å². The van der Waals surface area contributed by atoms with Gasteiger partial charge >= 0.3 is 11.7 Å². The van der Waals surface area contributed by atoms with E-state index in [4.69, 9.17) is 5.11 Å². The molecule has 2 heterocycles. The molecule has 0 spiro atoms. The molecule has 0 atom stereocenters. The monoisotopic (exact) mass is 288 g/mol. The molecular weight excluding hydrogens is 280 g/mol. The number of carboxylic acids is 1. The molecular formula is C11H8N6O4. The van der Waals surface area contributed by atoms with Crippen molar-refractivity contribution in [1.29, 1.82) is 5.26 Å².